The fraction of sp³-hybridized carbons (Fsp3) is 0.111. The molecule has 1 radical (unpaired) electrons. The first-order chi connectivity index (χ1) is 6.65. The Morgan fingerprint density at radius 1 is 1.43 bits per heavy atom. The number of nitro benzene ring substituents is 1. The van der Waals surface area contributed by atoms with Crippen LogP contribution in [0.3, 0.4) is 0 Å². The second-order valence-corrected chi connectivity index (χ2v) is 2.56. The first-order valence-electron chi connectivity index (χ1n) is 3.97. The summed E-state index contributed by atoms with van der Waals surface area (Å²) in [5.74, 6) is -0.283. The van der Waals surface area contributed by atoms with Crippen LogP contribution >= 0.6 is 0 Å². The highest BCUT2D eigenvalue weighted by atomic mass is 16.6. The molecule has 0 spiro atoms. The Bertz CT molecular complexity index is 346. The van der Waals surface area contributed by atoms with Gasteiger partial charge in [0.25, 0.3) is 11.6 Å². The van der Waals surface area contributed by atoms with E-state index >= 15 is 0 Å². The highest BCUT2D eigenvalue weighted by molar-refractivity contribution is 5.94. The lowest BCUT2D eigenvalue weighted by Crippen LogP contribution is -2.22. The van der Waals surface area contributed by atoms with Gasteiger partial charge in [0.2, 0.25) is 0 Å². The third-order valence-electron chi connectivity index (χ3n) is 1.63. The van der Waals surface area contributed by atoms with Crippen LogP contribution in [0.2, 0.25) is 0 Å². The molecule has 73 valence electrons. The van der Waals surface area contributed by atoms with E-state index < -0.39 is 4.92 Å². The molecule has 14 heavy (non-hydrogen) atoms. The molecule has 1 amide bonds. The van der Waals surface area contributed by atoms with E-state index in [0.29, 0.717) is 5.56 Å². The predicted octanol–water partition coefficient (Wildman–Crippen LogP) is 1.16. The van der Waals surface area contributed by atoms with Gasteiger partial charge in [-0.2, -0.15) is 0 Å². The van der Waals surface area contributed by atoms with Crippen LogP contribution in [0, 0.1) is 17.0 Å². The lowest BCUT2D eigenvalue weighted by molar-refractivity contribution is -0.384. The van der Waals surface area contributed by atoms with E-state index in [1.165, 1.54) is 24.3 Å². The Balaban J connectivity index is 2.83. The topological polar surface area (TPSA) is 72.2 Å². The van der Waals surface area contributed by atoms with E-state index in [1.807, 2.05) is 0 Å². The van der Waals surface area contributed by atoms with Gasteiger partial charge in [-0.05, 0) is 19.1 Å². The summed E-state index contributed by atoms with van der Waals surface area (Å²) in [5.41, 5.74) is 0.357. The number of amides is 1. The summed E-state index contributed by atoms with van der Waals surface area (Å²) in [6.07, 6.45) is 0. The van der Waals surface area contributed by atoms with Gasteiger partial charge >= 0.3 is 0 Å². The van der Waals surface area contributed by atoms with Crippen molar-refractivity contribution >= 4 is 11.6 Å². The Morgan fingerprint density at radius 2 is 2.00 bits per heavy atom. The molecule has 0 saturated carbocycles. The van der Waals surface area contributed by atoms with Crippen LogP contribution in [0.1, 0.15) is 10.4 Å². The number of nitro groups is 1. The minimum atomic E-state index is -0.511. The molecule has 0 aliphatic heterocycles. The fourth-order valence-corrected chi connectivity index (χ4v) is 0.950. The predicted molar refractivity (Wildman–Crippen MR) is 50.8 cm³/mol. The average Bonchev–Trinajstić information content (AvgIpc) is 2.18. The summed E-state index contributed by atoms with van der Waals surface area (Å²) >= 11 is 0. The lowest BCUT2D eigenvalue weighted by atomic mass is 10.2. The van der Waals surface area contributed by atoms with Crippen molar-refractivity contribution in [2.24, 2.45) is 0 Å². The average molecular weight is 193 g/mol. The van der Waals surface area contributed by atoms with Crippen molar-refractivity contribution in [2.45, 2.75) is 0 Å². The first-order valence-corrected chi connectivity index (χ1v) is 3.97. The van der Waals surface area contributed by atoms with Crippen molar-refractivity contribution in [3.63, 3.8) is 0 Å². The maximum absolute atomic E-state index is 11.2. The molecular formula is C9H9N2O3. The molecule has 1 N–H and O–H groups in total. The Kier molecular flexibility index (Phi) is 3.17. The molecule has 5 heteroatoms. The van der Waals surface area contributed by atoms with Crippen LogP contribution in [-0.4, -0.2) is 17.4 Å². The van der Waals surface area contributed by atoms with Crippen molar-refractivity contribution in [3.8, 4) is 0 Å². The molecule has 1 rings (SSSR count). The number of benzene rings is 1. The standard InChI is InChI=1S/C9H9N2O3/c1-2-10-9(12)7-3-5-8(6-4-7)11(13)14/h3-6H,1-2H2,(H,10,12). The van der Waals surface area contributed by atoms with Gasteiger partial charge in [-0.3, -0.25) is 14.9 Å². The Hall–Kier alpha value is -1.91. The number of rotatable bonds is 3. The maximum atomic E-state index is 11.2. The van der Waals surface area contributed by atoms with Gasteiger partial charge in [0.05, 0.1) is 4.92 Å². The molecule has 0 fully saturated rings. The highest BCUT2D eigenvalue weighted by Crippen LogP contribution is 2.11. The van der Waals surface area contributed by atoms with Crippen molar-refractivity contribution in [2.75, 3.05) is 6.54 Å². The van der Waals surface area contributed by atoms with Crippen LogP contribution in [0.25, 0.3) is 0 Å². The molecule has 0 aliphatic carbocycles. The molecule has 0 bridgehead atoms. The Labute approximate surface area is 80.9 Å². The molecular weight excluding hydrogens is 184 g/mol. The summed E-state index contributed by atoms with van der Waals surface area (Å²) in [4.78, 5) is 21.0. The fourth-order valence-electron chi connectivity index (χ4n) is 0.950. The zero-order valence-electron chi connectivity index (χ0n) is 7.40. The van der Waals surface area contributed by atoms with Crippen LogP contribution < -0.4 is 5.32 Å². The van der Waals surface area contributed by atoms with Gasteiger partial charge in [0, 0.05) is 24.2 Å². The van der Waals surface area contributed by atoms with Crippen molar-refractivity contribution < 1.29 is 9.72 Å². The highest BCUT2D eigenvalue weighted by Gasteiger charge is 2.07. The number of nitrogens with one attached hydrogen (secondary N) is 1. The summed E-state index contributed by atoms with van der Waals surface area (Å²) in [6, 6.07) is 5.39. The van der Waals surface area contributed by atoms with Crippen LogP contribution in [0.15, 0.2) is 24.3 Å². The van der Waals surface area contributed by atoms with E-state index in [2.05, 4.69) is 12.2 Å². The summed E-state index contributed by atoms with van der Waals surface area (Å²) in [6.45, 7) is 3.74. The van der Waals surface area contributed by atoms with E-state index in [4.69, 9.17) is 0 Å². The van der Waals surface area contributed by atoms with Gasteiger partial charge in [0.15, 0.2) is 0 Å². The molecule has 5 nitrogen and oxygen atoms in total. The van der Waals surface area contributed by atoms with Crippen LogP contribution in [0.5, 0.6) is 0 Å². The number of carbonyl (C=O) groups is 1. The van der Waals surface area contributed by atoms with Crippen LogP contribution in [-0.2, 0) is 0 Å². The molecule has 0 heterocycles. The smallest absolute Gasteiger partial charge is 0.269 e. The normalized spacial score (nSPS) is 9.50. The van der Waals surface area contributed by atoms with Gasteiger partial charge in [-0.15, -0.1) is 0 Å². The molecule has 1 aromatic carbocycles. The molecule has 0 aromatic heterocycles. The molecule has 1 aromatic rings. The van der Waals surface area contributed by atoms with Gasteiger partial charge in [-0.25, -0.2) is 0 Å². The minimum absolute atomic E-state index is 0.0313. The summed E-state index contributed by atoms with van der Waals surface area (Å²) in [5, 5.41) is 12.8. The number of nitrogens with zero attached hydrogens (tertiary/aromatic N) is 1. The third kappa shape index (κ3) is 2.29. The van der Waals surface area contributed by atoms with E-state index in [9.17, 15) is 14.9 Å². The lowest BCUT2D eigenvalue weighted by Gasteiger charge is -2.00. The van der Waals surface area contributed by atoms with E-state index in [1.54, 1.807) is 0 Å². The minimum Gasteiger partial charge on any atom is -0.352 e. The number of hydrogen-bond donors (Lipinski definition) is 1. The molecule has 0 saturated heterocycles. The Morgan fingerprint density at radius 3 is 2.43 bits per heavy atom. The maximum Gasteiger partial charge on any atom is 0.269 e. The van der Waals surface area contributed by atoms with Gasteiger partial charge in [-0.1, -0.05) is 0 Å². The second kappa shape index (κ2) is 4.36. The molecule has 0 unspecified atom stereocenters. The van der Waals surface area contributed by atoms with Gasteiger partial charge in [0.1, 0.15) is 0 Å². The van der Waals surface area contributed by atoms with E-state index in [0.717, 1.165) is 0 Å². The third-order valence-corrected chi connectivity index (χ3v) is 1.63. The van der Waals surface area contributed by atoms with Crippen molar-refractivity contribution in [3.05, 3.63) is 46.9 Å². The number of carbonyl (C=O) groups excluding carboxylic acids is 1. The first kappa shape index (κ1) is 10.2. The van der Waals surface area contributed by atoms with Crippen LogP contribution in [0.4, 0.5) is 5.69 Å². The SMILES string of the molecule is [CH2]CNC(=O)c1ccc([N+](=O)[O-])cc1. The zero-order valence-corrected chi connectivity index (χ0v) is 7.40. The largest absolute Gasteiger partial charge is 0.352 e. The molecule has 0 aliphatic rings. The number of hydrogen-bond acceptors (Lipinski definition) is 3. The summed E-state index contributed by atoms with van der Waals surface area (Å²) < 4.78 is 0. The van der Waals surface area contributed by atoms with E-state index in [-0.39, 0.29) is 18.1 Å². The van der Waals surface area contributed by atoms with Crippen molar-refractivity contribution in [1.82, 2.24) is 5.32 Å². The number of non-ortho nitro benzene ring substituents is 1. The quantitative estimate of drug-likeness (QED) is 0.578. The van der Waals surface area contributed by atoms with Crippen molar-refractivity contribution in [1.29, 1.82) is 0 Å². The summed E-state index contributed by atoms with van der Waals surface area (Å²) in [7, 11) is 0. The second-order valence-electron chi connectivity index (χ2n) is 2.56. The molecule has 0 atom stereocenters. The monoisotopic (exact) mass is 193 g/mol. The van der Waals surface area contributed by atoms with Gasteiger partial charge < -0.3 is 5.32 Å². The zero-order chi connectivity index (χ0) is 10.6.